The third-order valence-corrected chi connectivity index (χ3v) is 2.16. The monoisotopic (exact) mass is 220 g/mol. The molecule has 7 nitrogen and oxygen atoms in total. The summed E-state index contributed by atoms with van der Waals surface area (Å²) < 4.78 is 2.75. The fourth-order valence-corrected chi connectivity index (χ4v) is 1.25. The van der Waals surface area contributed by atoms with Gasteiger partial charge >= 0.3 is 5.69 Å². The van der Waals surface area contributed by atoms with Crippen LogP contribution in [0.1, 0.15) is 5.69 Å². The van der Waals surface area contributed by atoms with Crippen LogP contribution < -0.4 is 11.0 Å². The normalized spacial score (nSPS) is 10.4. The number of anilines is 1. The largest absolute Gasteiger partial charge is 0.372 e. The zero-order chi connectivity index (χ0) is 11.5. The molecule has 0 bridgehead atoms. The van der Waals surface area contributed by atoms with Gasteiger partial charge in [-0.1, -0.05) is 0 Å². The highest BCUT2D eigenvalue weighted by molar-refractivity contribution is 5.29. The van der Waals surface area contributed by atoms with Crippen LogP contribution in [0.3, 0.4) is 0 Å². The highest BCUT2D eigenvalue weighted by Crippen LogP contribution is 1.99. The molecule has 0 amide bonds. The van der Waals surface area contributed by atoms with Crippen molar-refractivity contribution < 1.29 is 0 Å². The van der Waals surface area contributed by atoms with Crippen LogP contribution >= 0.6 is 0 Å². The Morgan fingerprint density at radius 1 is 1.38 bits per heavy atom. The van der Waals surface area contributed by atoms with Crippen molar-refractivity contribution in [3.8, 4) is 0 Å². The fraction of sp³-hybridized carbons (Fsp3) is 0.333. The van der Waals surface area contributed by atoms with Gasteiger partial charge in [-0.05, 0) is 0 Å². The van der Waals surface area contributed by atoms with Crippen molar-refractivity contribution in [2.45, 2.75) is 6.54 Å². The van der Waals surface area contributed by atoms with Gasteiger partial charge in [-0.15, -0.1) is 0 Å². The number of rotatable bonds is 3. The van der Waals surface area contributed by atoms with Gasteiger partial charge in [-0.2, -0.15) is 5.10 Å². The van der Waals surface area contributed by atoms with Crippen LogP contribution in [0.25, 0.3) is 0 Å². The summed E-state index contributed by atoms with van der Waals surface area (Å²) in [6, 6.07) is 0. The molecule has 0 spiro atoms. The first-order valence-corrected chi connectivity index (χ1v) is 4.78. The second-order valence-corrected chi connectivity index (χ2v) is 3.33. The molecular weight excluding hydrogens is 208 g/mol. The molecular formula is C9H12N6O. The lowest BCUT2D eigenvalue weighted by Gasteiger charge is -2.01. The van der Waals surface area contributed by atoms with Gasteiger partial charge in [-0.3, -0.25) is 9.55 Å². The average Bonchev–Trinajstić information content (AvgIpc) is 2.62. The predicted molar refractivity (Wildman–Crippen MR) is 58.1 cm³/mol. The van der Waals surface area contributed by atoms with Crippen LogP contribution in [0, 0.1) is 0 Å². The molecule has 0 saturated heterocycles. The molecule has 0 aliphatic rings. The number of hydrogen-bond donors (Lipinski definition) is 1. The molecule has 0 atom stereocenters. The lowest BCUT2D eigenvalue weighted by molar-refractivity contribution is 0.633. The smallest absolute Gasteiger partial charge is 0.345 e. The summed E-state index contributed by atoms with van der Waals surface area (Å²) in [5, 5.41) is 6.81. The maximum Gasteiger partial charge on any atom is 0.345 e. The molecule has 7 heteroatoms. The van der Waals surface area contributed by atoms with Gasteiger partial charge in [0.1, 0.15) is 12.1 Å². The first-order valence-electron chi connectivity index (χ1n) is 4.78. The molecule has 2 aromatic rings. The summed E-state index contributed by atoms with van der Waals surface area (Å²) in [6.07, 6.45) is 4.70. The lowest BCUT2D eigenvalue weighted by atomic mass is 10.4. The number of nitrogens with one attached hydrogen (secondary N) is 1. The minimum Gasteiger partial charge on any atom is -0.372 e. The van der Waals surface area contributed by atoms with E-state index in [0.717, 1.165) is 0 Å². The molecule has 0 unspecified atom stereocenters. The van der Waals surface area contributed by atoms with E-state index in [0.29, 0.717) is 18.1 Å². The molecule has 2 rings (SSSR count). The van der Waals surface area contributed by atoms with Crippen molar-refractivity contribution in [2.24, 2.45) is 7.05 Å². The van der Waals surface area contributed by atoms with Crippen LogP contribution in [0.2, 0.25) is 0 Å². The van der Waals surface area contributed by atoms with Crippen molar-refractivity contribution in [3.05, 3.63) is 34.9 Å². The molecule has 0 saturated carbocycles. The highest BCUT2D eigenvalue weighted by Gasteiger charge is 2.03. The summed E-state index contributed by atoms with van der Waals surface area (Å²) in [5.41, 5.74) is 0.527. The molecule has 84 valence electrons. The van der Waals surface area contributed by atoms with E-state index in [4.69, 9.17) is 0 Å². The maximum absolute atomic E-state index is 11.5. The van der Waals surface area contributed by atoms with E-state index < -0.39 is 0 Å². The minimum atomic E-state index is -0.167. The summed E-state index contributed by atoms with van der Waals surface area (Å²) in [7, 11) is 3.43. The van der Waals surface area contributed by atoms with Crippen molar-refractivity contribution in [1.29, 1.82) is 0 Å². The Labute approximate surface area is 91.8 Å². The number of aromatic nitrogens is 5. The highest BCUT2D eigenvalue weighted by atomic mass is 16.2. The van der Waals surface area contributed by atoms with Crippen molar-refractivity contribution in [2.75, 3.05) is 12.4 Å². The maximum atomic E-state index is 11.5. The van der Waals surface area contributed by atoms with E-state index in [1.54, 1.807) is 26.5 Å². The number of nitrogens with zero attached hydrogens (tertiary/aromatic N) is 5. The Bertz CT molecular complexity index is 526. The van der Waals surface area contributed by atoms with Crippen LogP contribution in [0.4, 0.5) is 5.82 Å². The Kier molecular flexibility index (Phi) is 2.67. The fourth-order valence-electron chi connectivity index (χ4n) is 1.25. The first-order chi connectivity index (χ1) is 7.70. The molecule has 2 heterocycles. The molecule has 0 fully saturated rings. The Balaban J connectivity index is 2.21. The summed E-state index contributed by atoms with van der Waals surface area (Å²) in [5.74, 6) is 0.692. The van der Waals surface area contributed by atoms with Crippen LogP contribution in [-0.4, -0.2) is 31.4 Å². The summed E-state index contributed by atoms with van der Waals surface area (Å²) in [6.45, 7) is 0.330. The molecule has 0 aliphatic carbocycles. The second kappa shape index (κ2) is 4.13. The predicted octanol–water partition coefficient (Wildman–Crippen LogP) is -0.538. The number of hydrogen-bond acceptors (Lipinski definition) is 5. The van der Waals surface area contributed by atoms with Gasteiger partial charge in [-0.25, -0.2) is 14.5 Å². The Hall–Kier alpha value is -2.18. The Morgan fingerprint density at radius 3 is 2.69 bits per heavy atom. The standard InChI is InChI=1S/C9H12N6O/c1-10-8-4-11-7(3-12-8)5-15-9(16)14(2)6-13-15/h3-4,6H,5H2,1-2H3,(H,10,12). The number of aryl methyl sites for hydroxylation is 1. The van der Waals surface area contributed by atoms with Gasteiger partial charge in [0.2, 0.25) is 0 Å². The lowest BCUT2D eigenvalue weighted by Crippen LogP contribution is -2.23. The van der Waals surface area contributed by atoms with E-state index in [-0.39, 0.29) is 5.69 Å². The van der Waals surface area contributed by atoms with Crippen molar-refractivity contribution >= 4 is 5.82 Å². The summed E-state index contributed by atoms with van der Waals surface area (Å²) in [4.78, 5) is 19.8. The third-order valence-electron chi connectivity index (χ3n) is 2.16. The third kappa shape index (κ3) is 1.92. The van der Waals surface area contributed by atoms with Gasteiger partial charge in [0.15, 0.2) is 0 Å². The van der Waals surface area contributed by atoms with E-state index >= 15 is 0 Å². The molecule has 0 radical (unpaired) electrons. The summed E-state index contributed by atoms with van der Waals surface area (Å²) >= 11 is 0. The van der Waals surface area contributed by atoms with E-state index in [9.17, 15) is 4.79 Å². The van der Waals surface area contributed by atoms with E-state index in [1.807, 2.05) is 0 Å². The molecule has 1 N–H and O–H groups in total. The van der Waals surface area contributed by atoms with Gasteiger partial charge in [0.05, 0.1) is 24.6 Å². The van der Waals surface area contributed by atoms with Gasteiger partial charge < -0.3 is 5.32 Å². The quantitative estimate of drug-likeness (QED) is 0.751. The SMILES string of the molecule is CNc1cnc(Cn2ncn(C)c2=O)cn1. The van der Waals surface area contributed by atoms with Crippen molar-refractivity contribution in [3.63, 3.8) is 0 Å². The van der Waals surface area contributed by atoms with E-state index in [2.05, 4.69) is 20.4 Å². The van der Waals surface area contributed by atoms with Crippen LogP contribution in [0.15, 0.2) is 23.5 Å². The molecule has 16 heavy (non-hydrogen) atoms. The first kappa shape index (κ1) is 10.3. The zero-order valence-electron chi connectivity index (χ0n) is 9.08. The van der Waals surface area contributed by atoms with Gasteiger partial charge in [0, 0.05) is 14.1 Å². The second-order valence-electron chi connectivity index (χ2n) is 3.33. The van der Waals surface area contributed by atoms with Gasteiger partial charge in [0.25, 0.3) is 0 Å². The molecule has 2 aromatic heterocycles. The average molecular weight is 220 g/mol. The minimum absolute atomic E-state index is 0.167. The van der Waals surface area contributed by atoms with Crippen molar-refractivity contribution in [1.82, 2.24) is 24.3 Å². The zero-order valence-corrected chi connectivity index (χ0v) is 9.08. The van der Waals surface area contributed by atoms with E-state index in [1.165, 1.54) is 15.6 Å². The van der Waals surface area contributed by atoms with Crippen LogP contribution in [-0.2, 0) is 13.6 Å². The molecule has 0 aromatic carbocycles. The Morgan fingerprint density at radius 2 is 2.19 bits per heavy atom. The van der Waals surface area contributed by atoms with Crippen LogP contribution in [0.5, 0.6) is 0 Å². The molecule has 0 aliphatic heterocycles. The topological polar surface area (TPSA) is 77.6 Å².